The summed E-state index contributed by atoms with van der Waals surface area (Å²) >= 11 is 0. The Balaban J connectivity index is 2.15. The van der Waals surface area contributed by atoms with E-state index in [0.29, 0.717) is 12.1 Å². The van der Waals surface area contributed by atoms with E-state index in [-0.39, 0.29) is 30.2 Å². The molecular formula is C15H13F3N4O3. The van der Waals surface area contributed by atoms with Gasteiger partial charge >= 0.3 is 6.09 Å². The number of nitrogens with zero attached hydrogens (tertiary/aromatic N) is 2. The van der Waals surface area contributed by atoms with Gasteiger partial charge in [-0.2, -0.15) is 0 Å². The van der Waals surface area contributed by atoms with Crippen molar-refractivity contribution >= 4 is 6.09 Å². The predicted octanol–water partition coefficient (Wildman–Crippen LogP) is 1.45. The van der Waals surface area contributed by atoms with Crippen molar-refractivity contribution in [2.75, 3.05) is 13.1 Å². The highest BCUT2D eigenvalue weighted by Gasteiger charge is 2.50. The molecule has 2 atom stereocenters. The minimum absolute atomic E-state index is 0.00677. The largest absolute Gasteiger partial charge is 0.505 e. The van der Waals surface area contributed by atoms with Crippen molar-refractivity contribution in [3.8, 4) is 5.75 Å². The van der Waals surface area contributed by atoms with E-state index in [1.54, 1.807) is 0 Å². The molecule has 3 rings (SSSR count). The highest BCUT2D eigenvalue weighted by atomic mass is 19.2. The number of rotatable bonds is 3. The number of carboxylic acid groups (broad SMARTS) is 1. The highest BCUT2D eigenvalue weighted by molar-refractivity contribution is 5.66. The molecule has 25 heavy (non-hydrogen) atoms. The molecule has 0 aliphatic carbocycles. The topological polar surface area (TPSA) is 107 Å². The molecule has 0 radical (unpaired) electrons. The van der Waals surface area contributed by atoms with Crippen molar-refractivity contribution < 1.29 is 28.2 Å². The SMILES string of the molecule is O=C(O)N[C@@]1(c2ncc(O)cn2)CNC[C@@H]1c1cc(F)c(F)cc1F. The van der Waals surface area contributed by atoms with Gasteiger partial charge in [-0.1, -0.05) is 0 Å². The molecule has 1 aliphatic heterocycles. The predicted molar refractivity (Wildman–Crippen MR) is 78.5 cm³/mol. The van der Waals surface area contributed by atoms with E-state index in [9.17, 15) is 28.2 Å². The molecule has 10 heteroatoms. The van der Waals surface area contributed by atoms with Gasteiger partial charge < -0.3 is 20.8 Å². The number of halogens is 3. The summed E-state index contributed by atoms with van der Waals surface area (Å²) in [7, 11) is 0. The van der Waals surface area contributed by atoms with Crippen molar-refractivity contribution in [2.24, 2.45) is 0 Å². The van der Waals surface area contributed by atoms with Crippen LogP contribution in [-0.2, 0) is 5.54 Å². The molecule has 1 amide bonds. The normalized spacial score (nSPS) is 22.8. The Labute approximate surface area is 139 Å². The van der Waals surface area contributed by atoms with E-state index in [0.717, 1.165) is 12.4 Å². The maximum Gasteiger partial charge on any atom is 0.405 e. The number of amides is 1. The third kappa shape index (κ3) is 2.95. The summed E-state index contributed by atoms with van der Waals surface area (Å²) in [5.74, 6) is -4.82. The smallest absolute Gasteiger partial charge is 0.405 e. The monoisotopic (exact) mass is 354 g/mol. The van der Waals surface area contributed by atoms with Crippen LogP contribution in [0.15, 0.2) is 24.5 Å². The van der Waals surface area contributed by atoms with Gasteiger partial charge in [-0.3, -0.25) is 0 Å². The Morgan fingerprint density at radius 2 is 1.84 bits per heavy atom. The summed E-state index contributed by atoms with van der Waals surface area (Å²) in [5, 5.41) is 23.7. The molecule has 0 unspecified atom stereocenters. The lowest BCUT2D eigenvalue weighted by Gasteiger charge is -2.33. The molecule has 1 saturated heterocycles. The van der Waals surface area contributed by atoms with Gasteiger partial charge in [0, 0.05) is 25.1 Å². The molecule has 2 heterocycles. The third-order valence-electron chi connectivity index (χ3n) is 4.13. The van der Waals surface area contributed by atoms with Gasteiger partial charge in [0.1, 0.15) is 11.4 Å². The fraction of sp³-hybridized carbons (Fsp3) is 0.267. The molecule has 0 spiro atoms. The third-order valence-corrected chi connectivity index (χ3v) is 4.13. The number of benzene rings is 1. The average Bonchev–Trinajstić information content (AvgIpc) is 2.95. The molecular weight excluding hydrogens is 341 g/mol. The van der Waals surface area contributed by atoms with Crippen LogP contribution in [0.4, 0.5) is 18.0 Å². The standard InChI is InChI=1S/C15H13F3N4O3/c16-10-2-12(18)11(17)1-8(10)9-5-19-6-15(9,22-14(24)25)13-20-3-7(23)4-21-13/h1-4,9,19,22-23H,5-6H2,(H,24,25)/t9-,15+/m1/s1. The zero-order valence-corrected chi connectivity index (χ0v) is 12.6. The van der Waals surface area contributed by atoms with Crippen molar-refractivity contribution in [3.05, 3.63) is 53.4 Å². The maximum atomic E-state index is 14.3. The number of nitrogens with one attached hydrogen (secondary N) is 2. The minimum Gasteiger partial charge on any atom is -0.505 e. The Kier molecular flexibility index (Phi) is 4.21. The van der Waals surface area contributed by atoms with E-state index < -0.39 is 35.0 Å². The fourth-order valence-electron chi connectivity index (χ4n) is 3.06. The van der Waals surface area contributed by atoms with Gasteiger partial charge in [0.25, 0.3) is 0 Å². The fourth-order valence-corrected chi connectivity index (χ4v) is 3.06. The van der Waals surface area contributed by atoms with E-state index in [1.165, 1.54) is 0 Å². The second kappa shape index (κ2) is 6.20. The lowest BCUT2D eigenvalue weighted by atomic mass is 9.80. The molecule has 0 saturated carbocycles. The summed E-state index contributed by atoms with van der Waals surface area (Å²) in [5.41, 5.74) is -1.74. The first-order chi connectivity index (χ1) is 11.8. The van der Waals surface area contributed by atoms with Crippen LogP contribution in [0.25, 0.3) is 0 Å². The van der Waals surface area contributed by atoms with Gasteiger partial charge in [0.05, 0.1) is 12.4 Å². The van der Waals surface area contributed by atoms with Crippen LogP contribution in [0.2, 0.25) is 0 Å². The van der Waals surface area contributed by atoms with Gasteiger partial charge in [-0.15, -0.1) is 0 Å². The Bertz CT molecular complexity index is 818. The van der Waals surface area contributed by atoms with Crippen LogP contribution in [0.1, 0.15) is 17.3 Å². The second-order valence-corrected chi connectivity index (χ2v) is 5.64. The maximum absolute atomic E-state index is 14.3. The molecule has 4 N–H and O–H groups in total. The van der Waals surface area contributed by atoms with Crippen LogP contribution >= 0.6 is 0 Å². The van der Waals surface area contributed by atoms with Crippen molar-refractivity contribution in [1.82, 2.24) is 20.6 Å². The first-order valence-electron chi connectivity index (χ1n) is 7.21. The van der Waals surface area contributed by atoms with Crippen molar-refractivity contribution in [2.45, 2.75) is 11.5 Å². The van der Waals surface area contributed by atoms with E-state index in [4.69, 9.17) is 0 Å². The van der Waals surface area contributed by atoms with E-state index in [1.807, 2.05) is 0 Å². The van der Waals surface area contributed by atoms with Crippen LogP contribution in [-0.4, -0.2) is 39.4 Å². The summed E-state index contributed by atoms with van der Waals surface area (Å²) in [4.78, 5) is 19.1. The quantitative estimate of drug-likeness (QED) is 0.622. The van der Waals surface area contributed by atoms with Gasteiger partial charge in [0.15, 0.2) is 23.2 Å². The Morgan fingerprint density at radius 3 is 2.48 bits per heavy atom. The molecule has 7 nitrogen and oxygen atoms in total. The highest BCUT2D eigenvalue weighted by Crippen LogP contribution is 2.40. The molecule has 132 valence electrons. The minimum atomic E-state index is -1.52. The molecule has 1 aromatic heterocycles. The summed E-state index contributed by atoms with van der Waals surface area (Å²) in [6.45, 7) is 0.0691. The number of aromatic hydroxyl groups is 1. The first-order valence-corrected chi connectivity index (χ1v) is 7.21. The molecule has 1 aliphatic rings. The number of carbonyl (C=O) groups is 1. The Hall–Kier alpha value is -2.88. The number of hydrogen-bond acceptors (Lipinski definition) is 5. The van der Waals surface area contributed by atoms with Crippen LogP contribution < -0.4 is 10.6 Å². The lowest BCUT2D eigenvalue weighted by molar-refractivity contribution is 0.173. The summed E-state index contributed by atoms with van der Waals surface area (Å²) < 4.78 is 41.1. The van der Waals surface area contributed by atoms with Gasteiger partial charge in [0.2, 0.25) is 0 Å². The van der Waals surface area contributed by atoms with Crippen molar-refractivity contribution in [1.29, 1.82) is 0 Å². The zero-order chi connectivity index (χ0) is 18.2. The van der Waals surface area contributed by atoms with E-state index in [2.05, 4.69) is 20.6 Å². The second-order valence-electron chi connectivity index (χ2n) is 5.64. The first kappa shape index (κ1) is 17.0. The number of hydrogen-bond donors (Lipinski definition) is 4. The zero-order valence-electron chi connectivity index (χ0n) is 12.6. The molecule has 2 aromatic rings. The Morgan fingerprint density at radius 1 is 1.20 bits per heavy atom. The average molecular weight is 354 g/mol. The van der Waals surface area contributed by atoms with Crippen LogP contribution in [0, 0.1) is 17.5 Å². The summed E-state index contributed by atoms with van der Waals surface area (Å²) in [6.07, 6.45) is 0.697. The molecule has 1 fully saturated rings. The van der Waals surface area contributed by atoms with Crippen LogP contribution in [0.5, 0.6) is 5.75 Å². The summed E-state index contributed by atoms with van der Waals surface area (Å²) in [6, 6.07) is 1.10. The van der Waals surface area contributed by atoms with Gasteiger partial charge in [-0.05, 0) is 11.6 Å². The molecule has 1 aromatic carbocycles. The van der Waals surface area contributed by atoms with Crippen molar-refractivity contribution in [3.63, 3.8) is 0 Å². The van der Waals surface area contributed by atoms with E-state index >= 15 is 0 Å². The lowest BCUT2D eigenvalue weighted by Crippen LogP contribution is -2.51. The molecule has 0 bridgehead atoms. The number of aromatic nitrogens is 2. The van der Waals surface area contributed by atoms with Gasteiger partial charge in [-0.25, -0.2) is 27.9 Å². The van der Waals surface area contributed by atoms with Crippen LogP contribution in [0.3, 0.4) is 0 Å².